The highest BCUT2D eigenvalue weighted by Crippen LogP contribution is 2.27. The fourth-order valence-electron chi connectivity index (χ4n) is 1.38. The normalized spacial score (nSPS) is 12.8. The van der Waals surface area contributed by atoms with Crippen molar-refractivity contribution in [1.82, 2.24) is 0 Å². The van der Waals surface area contributed by atoms with E-state index in [4.69, 9.17) is 5.73 Å². The lowest BCUT2D eigenvalue weighted by atomic mass is 10.0. The summed E-state index contributed by atoms with van der Waals surface area (Å²) in [4.78, 5) is 0. The fourth-order valence-corrected chi connectivity index (χ4v) is 3.19. The summed E-state index contributed by atoms with van der Waals surface area (Å²) in [6, 6.07) is 6.72. The molecule has 0 aliphatic heterocycles. The molecule has 0 radical (unpaired) electrons. The molecule has 2 rings (SSSR count). The number of thiophene rings is 1. The maximum atomic E-state index is 13.1. The summed E-state index contributed by atoms with van der Waals surface area (Å²) in [5.41, 5.74) is 8.08. The number of nitrogens with two attached hydrogens (primary N) is 1. The van der Waals surface area contributed by atoms with E-state index in [9.17, 15) is 4.39 Å². The summed E-state index contributed by atoms with van der Waals surface area (Å²) in [5, 5.41) is 2.03. The molecule has 1 nitrogen and oxygen atoms in total. The second-order valence-electron chi connectivity index (χ2n) is 3.34. The van der Waals surface area contributed by atoms with Gasteiger partial charge in [-0.05, 0) is 73.2 Å². The summed E-state index contributed by atoms with van der Waals surface area (Å²) >= 11 is 7.08. The molecule has 84 valence electrons. The fraction of sp³-hybridized carbons (Fsp3) is 0.0909. The lowest BCUT2D eigenvalue weighted by Gasteiger charge is -2.10. The third kappa shape index (κ3) is 2.64. The first-order chi connectivity index (χ1) is 7.58. The molecule has 2 N–H and O–H groups in total. The molecule has 0 bridgehead atoms. The molecule has 0 saturated heterocycles. The van der Waals surface area contributed by atoms with Crippen LogP contribution >= 0.6 is 49.9 Å². The van der Waals surface area contributed by atoms with E-state index >= 15 is 0 Å². The van der Waals surface area contributed by atoms with Gasteiger partial charge in [0.15, 0.2) is 0 Å². The molecule has 0 aliphatic rings. The summed E-state index contributed by atoms with van der Waals surface area (Å²) in [5.74, 6) is -0.268. The summed E-state index contributed by atoms with van der Waals surface area (Å²) in [7, 11) is 0. The molecule has 1 atom stereocenters. The Labute approximate surface area is 119 Å². The van der Waals surface area contributed by atoms with Crippen molar-refractivity contribution in [2.45, 2.75) is 6.04 Å². The van der Waals surface area contributed by atoms with Crippen molar-refractivity contribution in [3.63, 3.8) is 0 Å². The van der Waals surface area contributed by atoms with E-state index < -0.39 is 0 Å². The van der Waals surface area contributed by atoms with Crippen LogP contribution in [0.3, 0.4) is 0 Å². The number of rotatable bonds is 2. The van der Waals surface area contributed by atoms with E-state index in [1.165, 1.54) is 8.95 Å². The second kappa shape index (κ2) is 5.12. The molecule has 0 aliphatic carbocycles. The van der Waals surface area contributed by atoms with E-state index in [0.717, 1.165) is 11.1 Å². The quantitative estimate of drug-likeness (QED) is 0.732. The molecule has 0 saturated carbocycles. The summed E-state index contributed by atoms with van der Waals surface area (Å²) in [6.45, 7) is 0. The largest absolute Gasteiger partial charge is 0.320 e. The van der Waals surface area contributed by atoms with Gasteiger partial charge in [0.1, 0.15) is 5.82 Å². The van der Waals surface area contributed by atoms with Crippen LogP contribution < -0.4 is 5.73 Å². The topological polar surface area (TPSA) is 26.0 Å². The van der Waals surface area contributed by atoms with Crippen molar-refractivity contribution >= 4 is 49.9 Å². The zero-order chi connectivity index (χ0) is 11.7. The Morgan fingerprint density at radius 2 is 2.06 bits per heavy atom. The van der Waals surface area contributed by atoms with Gasteiger partial charge in [0.25, 0.3) is 0 Å². The van der Waals surface area contributed by atoms with Gasteiger partial charge in [0.2, 0.25) is 0 Å². The van der Waals surface area contributed by atoms with Crippen LogP contribution in [-0.4, -0.2) is 0 Å². The first-order valence-corrected chi connectivity index (χ1v) is 7.27. The van der Waals surface area contributed by atoms with Gasteiger partial charge in [-0.25, -0.2) is 4.39 Å². The van der Waals surface area contributed by atoms with Crippen molar-refractivity contribution < 1.29 is 4.39 Å². The molecule has 16 heavy (non-hydrogen) atoms. The van der Waals surface area contributed by atoms with Gasteiger partial charge in [-0.2, -0.15) is 0 Å². The van der Waals surface area contributed by atoms with Crippen LogP contribution in [0.25, 0.3) is 0 Å². The standard InChI is InChI=1S/C11H8BrFINS/c12-8-3-6(1-2-9(8)13)11(15)7-4-10(14)16-5-7/h1-5,11H,15H2. The minimum Gasteiger partial charge on any atom is -0.320 e. The molecular weight excluding hydrogens is 404 g/mol. The maximum absolute atomic E-state index is 13.1. The molecule has 0 spiro atoms. The predicted molar refractivity (Wildman–Crippen MR) is 77.2 cm³/mol. The van der Waals surface area contributed by atoms with Gasteiger partial charge in [-0.15, -0.1) is 11.3 Å². The van der Waals surface area contributed by atoms with Crippen LogP contribution in [-0.2, 0) is 0 Å². The number of halogens is 3. The molecule has 0 amide bonds. The molecular formula is C11H8BrFINS. The first-order valence-electron chi connectivity index (χ1n) is 4.52. The average Bonchev–Trinajstić information content (AvgIpc) is 2.68. The van der Waals surface area contributed by atoms with Gasteiger partial charge in [0.05, 0.1) is 13.4 Å². The lowest BCUT2D eigenvalue weighted by molar-refractivity contribution is 0.619. The van der Waals surface area contributed by atoms with Gasteiger partial charge in [-0.1, -0.05) is 6.07 Å². The van der Waals surface area contributed by atoms with Crippen LogP contribution in [0, 0.1) is 8.70 Å². The minimum absolute atomic E-state index is 0.198. The number of hydrogen-bond acceptors (Lipinski definition) is 2. The Kier molecular flexibility index (Phi) is 3.99. The van der Waals surface area contributed by atoms with Crippen molar-refractivity contribution in [2.75, 3.05) is 0 Å². The zero-order valence-corrected chi connectivity index (χ0v) is 12.6. The maximum Gasteiger partial charge on any atom is 0.137 e. The van der Waals surface area contributed by atoms with Gasteiger partial charge >= 0.3 is 0 Å². The van der Waals surface area contributed by atoms with E-state index in [-0.39, 0.29) is 11.9 Å². The molecule has 1 heterocycles. The molecule has 2 aromatic rings. The van der Waals surface area contributed by atoms with Crippen molar-refractivity contribution in [3.8, 4) is 0 Å². The lowest BCUT2D eigenvalue weighted by Crippen LogP contribution is -2.10. The predicted octanol–water partition coefficient (Wildman–Crippen LogP) is 4.30. The molecule has 1 aromatic carbocycles. The van der Waals surface area contributed by atoms with Crippen molar-refractivity contribution in [1.29, 1.82) is 0 Å². The van der Waals surface area contributed by atoms with E-state index in [2.05, 4.69) is 38.5 Å². The second-order valence-corrected chi connectivity index (χ2v) is 7.00. The number of benzene rings is 1. The highest BCUT2D eigenvalue weighted by atomic mass is 127. The van der Waals surface area contributed by atoms with E-state index in [1.807, 2.05) is 11.4 Å². The number of hydrogen-bond donors (Lipinski definition) is 1. The zero-order valence-electron chi connectivity index (χ0n) is 8.08. The van der Waals surface area contributed by atoms with Crippen LogP contribution in [0.4, 0.5) is 4.39 Å². The Bertz CT molecular complexity index is 514. The molecule has 1 aromatic heterocycles. The van der Waals surface area contributed by atoms with Crippen molar-refractivity contribution in [2.24, 2.45) is 5.73 Å². The van der Waals surface area contributed by atoms with E-state index in [1.54, 1.807) is 23.5 Å². The highest BCUT2D eigenvalue weighted by molar-refractivity contribution is 14.1. The monoisotopic (exact) mass is 411 g/mol. The molecule has 5 heteroatoms. The highest BCUT2D eigenvalue weighted by Gasteiger charge is 2.12. The van der Waals surface area contributed by atoms with Crippen molar-refractivity contribution in [3.05, 3.63) is 53.9 Å². The minimum atomic E-state index is -0.268. The van der Waals surface area contributed by atoms with Gasteiger partial charge in [-0.3, -0.25) is 0 Å². The van der Waals surface area contributed by atoms with Gasteiger partial charge < -0.3 is 5.73 Å². The van der Waals surface area contributed by atoms with Crippen LogP contribution in [0.15, 0.2) is 34.1 Å². The Hall–Kier alpha value is 0.0200. The Morgan fingerprint density at radius 3 is 2.62 bits per heavy atom. The smallest absolute Gasteiger partial charge is 0.137 e. The average molecular weight is 412 g/mol. The molecule has 0 fully saturated rings. The third-order valence-electron chi connectivity index (χ3n) is 2.25. The Morgan fingerprint density at radius 1 is 1.31 bits per heavy atom. The Balaban J connectivity index is 2.33. The third-order valence-corrected chi connectivity index (χ3v) is 4.66. The van der Waals surface area contributed by atoms with Crippen LogP contribution in [0.1, 0.15) is 17.2 Å². The van der Waals surface area contributed by atoms with Crippen LogP contribution in [0.2, 0.25) is 0 Å². The first kappa shape index (κ1) is 12.5. The van der Waals surface area contributed by atoms with Gasteiger partial charge in [0, 0.05) is 0 Å². The SMILES string of the molecule is NC(c1csc(I)c1)c1ccc(F)c(Br)c1. The van der Waals surface area contributed by atoms with Crippen LogP contribution in [0.5, 0.6) is 0 Å². The van der Waals surface area contributed by atoms with E-state index in [0.29, 0.717) is 4.47 Å². The summed E-state index contributed by atoms with van der Waals surface area (Å²) < 4.78 is 14.7. The summed E-state index contributed by atoms with van der Waals surface area (Å²) in [6.07, 6.45) is 0. The molecule has 1 unspecified atom stereocenters.